The van der Waals surface area contributed by atoms with E-state index in [1.807, 2.05) is 6.92 Å². The summed E-state index contributed by atoms with van der Waals surface area (Å²) in [6, 6.07) is 0. The van der Waals surface area contributed by atoms with Crippen LogP contribution >= 0.6 is 0 Å². The van der Waals surface area contributed by atoms with Crippen molar-refractivity contribution >= 4 is 11.9 Å². The quantitative estimate of drug-likeness (QED) is 0.460. The van der Waals surface area contributed by atoms with Gasteiger partial charge in [-0.15, -0.1) is 0 Å². The van der Waals surface area contributed by atoms with Crippen LogP contribution in [0, 0.1) is 5.92 Å². The molecule has 2 atom stereocenters. The summed E-state index contributed by atoms with van der Waals surface area (Å²) >= 11 is 0. The molecule has 0 aliphatic heterocycles. The Kier molecular flexibility index (Phi) is 8.92. The number of nitrogens with one attached hydrogen (secondary N) is 1. The molecule has 18 heavy (non-hydrogen) atoms. The van der Waals surface area contributed by atoms with Crippen molar-refractivity contribution in [3.8, 4) is 0 Å². The molecular weight excluding hydrogens is 234 g/mol. The topological polar surface area (TPSA) is 75.6 Å². The Morgan fingerprint density at radius 2 is 2.17 bits per heavy atom. The lowest BCUT2D eigenvalue weighted by molar-refractivity contribution is -0.142. The number of rotatable bonds is 10. The van der Waals surface area contributed by atoms with Crippen LogP contribution in [0.5, 0.6) is 0 Å². The molecule has 0 fully saturated rings. The normalized spacial score (nSPS) is 13.7. The second-order valence-electron chi connectivity index (χ2n) is 4.22. The fourth-order valence-electron chi connectivity index (χ4n) is 1.45. The van der Waals surface area contributed by atoms with E-state index in [1.54, 1.807) is 6.92 Å². The van der Waals surface area contributed by atoms with Gasteiger partial charge in [0.1, 0.15) is 0 Å². The summed E-state index contributed by atoms with van der Waals surface area (Å²) in [6.07, 6.45) is 3.20. The molecule has 0 aliphatic rings. The van der Waals surface area contributed by atoms with E-state index in [2.05, 4.69) is 11.9 Å². The van der Waals surface area contributed by atoms with E-state index in [4.69, 9.17) is 9.84 Å². The van der Waals surface area contributed by atoms with Gasteiger partial charge in [0.2, 0.25) is 5.91 Å². The summed E-state index contributed by atoms with van der Waals surface area (Å²) in [5.74, 6) is -1.38. The molecule has 0 saturated heterocycles. The van der Waals surface area contributed by atoms with Crippen LogP contribution in [0.4, 0.5) is 0 Å². The molecule has 2 N–H and O–H groups in total. The van der Waals surface area contributed by atoms with Gasteiger partial charge in [-0.05, 0) is 25.3 Å². The maximum absolute atomic E-state index is 10.9. The minimum Gasteiger partial charge on any atom is -0.481 e. The van der Waals surface area contributed by atoms with Crippen LogP contribution in [0.2, 0.25) is 0 Å². The van der Waals surface area contributed by atoms with Crippen molar-refractivity contribution in [2.24, 2.45) is 5.92 Å². The monoisotopic (exact) mass is 257 g/mol. The maximum atomic E-state index is 10.9. The van der Waals surface area contributed by atoms with Crippen molar-refractivity contribution in [2.75, 3.05) is 13.2 Å². The van der Waals surface area contributed by atoms with Gasteiger partial charge in [-0.2, -0.15) is 0 Å². The van der Waals surface area contributed by atoms with Gasteiger partial charge in [-0.1, -0.05) is 20.4 Å². The zero-order valence-electron chi connectivity index (χ0n) is 11.1. The zero-order chi connectivity index (χ0) is 14.0. The Labute approximate surface area is 108 Å². The highest BCUT2D eigenvalue weighted by atomic mass is 16.5. The molecule has 1 amide bonds. The van der Waals surface area contributed by atoms with Crippen LogP contribution in [-0.4, -0.2) is 36.2 Å². The molecule has 0 saturated carbocycles. The number of ether oxygens (including phenoxy) is 1. The van der Waals surface area contributed by atoms with Gasteiger partial charge in [-0.25, -0.2) is 0 Å². The minimum absolute atomic E-state index is 0.0359. The molecule has 0 aromatic rings. The lowest BCUT2D eigenvalue weighted by atomic mass is 10.0. The van der Waals surface area contributed by atoms with E-state index in [0.717, 1.165) is 6.42 Å². The molecule has 0 heterocycles. The van der Waals surface area contributed by atoms with E-state index in [-0.39, 0.29) is 12.0 Å². The summed E-state index contributed by atoms with van der Waals surface area (Å²) in [4.78, 5) is 21.6. The third-order valence-electron chi connectivity index (χ3n) is 2.65. The van der Waals surface area contributed by atoms with E-state index in [1.165, 1.54) is 6.08 Å². The number of amides is 1. The van der Waals surface area contributed by atoms with Crippen molar-refractivity contribution in [3.63, 3.8) is 0 Å². The van der Waals surface area contributed by atoms with Gasteiger partial charge in [0, 0.05) is 13.2 Å². The van der Waals surface area contributed by atoms with Crippen LogP contribution in [-0.2, 0) is 14.3 Å². The fourth-order valence-corrected chi connectivity index (χ4v) is 1.45. The molecule has 0 bridgehead atoms. The van der Waals surface area contributed by atoms with Gasteiger partial charge in [-0.3, -0.25) is 9.59 Å². The lowest BCUT2D eigenvalue weighted by Gasteiger charge is -2.18. The van der Waals surface area contributed by atoms with E-state index in [9.17, 15) is 9.59 Å². The van der Waals surface area contributed by atoms with Crippen LogP contribution in [0.1, 0.15) is 33.1 Å². The predicted octanol–water partition coefficient (Wildman–Crippen LogP) is 1.58. The molecule has 0 rings (SSSR count). The number of carboxylic acids is 1. The first-order valence-electron chi connectivity index (χ1n) is 6.25. The number of carbonyl (C=O) groups excluding carboxylic acids is 1. The average Bonchev–Trinajstić information content (AvgIpc) is 2.36. The molecule has 2 unspecified atom stereocenters. The van der Waals surface area contributed by atoms with Crippen molar-refractivity contribution < 1.29 is 19.4 Å². The van der Waals surface area contributed by atoms with Crippen molar-refractivity contribution in [2.45, 2.75) is 39.2 Å². The minimum atomic E-state index is -0.796. The van der Waals surface area contributed by atoms with Gasteiger partial charge in [0.25, 0.3) is 0 Å². The summed E-state index contributed by atoms with van der Waals surface area (Å²) < 4.78 is 5.59. The summed E-state index contributed by atoms with van der Waals surface area (Å²) in [7, 11) is 0. The fraction of sp³-hybridized carbons (Fsp3) is 0.692. The van der Waals surface area contributed by atoms with Crippen LogP contribution < -0.4 is 5.32 Å². The van der Waals surface area contributed by atoms with E-state index < -0.39 is 11.9 Å². The highest BCUT2D eigenvalue weighted by Gasteiger charge is 2.17. The first kappa shape index (κ1) is 16.6. The predicted molar refractivity (Wildman–Crippen MR) is 69.3 cm³/mol. The first-order valence-corrected chi connectivity index (χ1v) is 6.25. The molecule has 0 aliphatic carbocycles. The molecule has 0 aromatic heterocycles. The van der Waals surface area contributed by atoms with Crippen LogP contribution in [0.15, 0.2) is 12.7 Å². The second-order valence-corrected chi connectivity index (χ2v) is 4.22. The number of carbonyl (C=O) groups is 2. The molecule has 5 heteroatoms. The lowest BCUT2D eigenvalue weighted by Crippen LogP contribution is -2.25. The Morgan fingerprint density at radius 3 is 2.67 bits per heavy atom. The van der Waals surface area contributed by atoms with Gasteiger partial charge < -0.3 is 15.2 Å². The molecule has 104 valence electrons. The number of aliphatic carboxylic acids is 1. The zero-order valence-corrected chi connectivity index (χ0v) is 11.1. The Hall–Kier alpha value is -1.36. The highest BCUT2D eigenvalue weighted by molar-refractivity contribution is 5.86. The van der Waals surface area contributed by atoms with Crippen LogP contribution in [0.25, 0.3) is 0 Å². The van der Waals surface area contributed by atoms with Gasteiger partial charge in [0.15, 0.2) is 0 Å². The third-order valence-corrected chi connectivity index (χ3v) is 2.65. The Balaban J connectivity index is 3.71. The molecule has 0 radical (unpaired) electrons. The molecule has 0 spiro atoms. The molecule has 0 aromatic carbocycles. The number of carboxylic acid groups (broad SMARTS) is 1. The maximum Gasteiger partial charge on any atom is 0.306 e. The standard InChI is InChI=1S/C13H23NO4/c1-4-11(9-10(3)13(16)17)18-8-6-7-14-12(15)5-2/h5,10-11H,2,4,6-9H2,1,3H3,(H,14,15)(H,16,17). The van der Waals surface area contributed by atoms with E-state index >= 15 is 0 Å². The van der Waals surface area contributed by atoms with E-state index in [0.29, 0.717) is 26.0 Å². The summed E-state index contributed by atoms with van der Waals surface area (Å²) in [5, 5.41) is 11.5. The summed E-state index contributed by atoms with van der Waals surface area (Å²) in [6.45, 7) is 8.06. The SMILES string of the molecule is C=CC(=O)NCCCOC(CC)CC(C)C(=O)O. The molecule has 5 nitrogen and oxygen atoms in total. The highest BCUT2D eigenvalue weighted by Crippen LogP contribution is 2.12. The Morgan fingerprint density at radius 1 is 1.50 bits per heavy atom. The largest absolute Gasteiger partial charge is 0.481 e. The van der Waals surface area contributed by atoms with Gasteiger partial charge in [0.05, 0.1) is 12.0 Å². The third kappa shape index (κ3) is 7.84. The van der Waals surface area contributed by atoms with Crippen molar-refractivity contribution in [1.82, 2.24) is 5.32 Å². The van der Waals surface area contributed by atoms with Crippen molar-refractivity contribution in [3.05, 3.63) is 12.7 Å². The van der Waals surface area contributed by atoms with Crippen molar-refractivity contribution in [1.29, 1.82) is 0 Å². The average molecular weight is 257 g/mol. The first-order chi connectivity index (χ1) is 8.51. The summed E-state index contributed by atoms with van der Waals surface area (Å²) in [5.41, 5.74) is 0. The number of hydrogen-bond donors (Lipinski definition) is 2. The van der Waals surface area contributed by atoms with Crippen LogP contribution in [0.3, 0.4) is 0 Å². The number of hydrogen-bond acceptors (Lipinski definition) is 3. The second kappa shape index (κ2) is 9.65. The van der Waals surface area contributed by atoms with Gasteiger partial charge >= 0.3 is 5.97 Å². The Bertz CT molecular complexity index is 278. The smallest absolute Gasteiger partial charge is 0.306 e. The molecular formula is C13H23NO4.